The van der Waals surface area contributed by atoms with Gasteiger partial charge in [-0.15, -0.1) is 5.10 Å². The van der Waals surface area contributed by atoms with Crippen molar-refractivity contribution in [2.24, 2.45) is 0 Å². The van der Waals surface area contributed by atoms with E-state index in [4.69, 9.17) is 28.3 Å². The molecule has 3 heterocycles. The number of pyridine rings is 1. The standard InChI is InChI=1S/C20H17Cl2N5/c1-26(11-9-15-4-2-3-10-23-15)20-8-7-19-24-13-18(27(19)25-20)14-5-6-16(21)17(22)12-14/h2-8,10,12-13H,9,11H2,1H3. The Bertz CT molecular complexity index is 1080. The van der Waals surface area contributed by atoms with Crippen molar-refractivity contribution in [3.63, 3.8) is 0 Å². The summed E-state index contributed by atoms with van der Waals surface area (Å²) in [6, 6.07) is 15.4. The molecule has 0 aliphatic carbocycles. The van der Waals surface area contributed by atoms with Crippen molar-refractivity contribution >= 4 is 34.7 Å². The summed E-state index contributed by atoms with van der Waals surface area (Å²) in [6.45, 7) is 0.812. The Morgan fingerprint density at radius 2 is 1.89 bits per heavy atom. The van der Waals surface area contributed by atoms with Gasteiger partial charge in [0, 0.05) is 37.5 Å². The summed E-state index contributed by atoms with van der Waals surface area (Å²) in [5.41, 5.74) is 3.61. The van der Waals surface area contributed by atoms with Gasteiger partial charge < -0.3 is 4.90 Å². The van der Waals surface area contributed by atoms with Gasteiger partial charge in [-0.2, -0.15) is 0 Å². The van der Waals surface area contributed by atoms with Gasteiger partial charge in [-0.1, -0.05) is 35.3 Å². The number of rotatable bonds is 5. The molecule has 5 nitrogen and oxygen atoms in total. The second-order valence-corrected chi connectivity index (χ2v) is 7.04. The molecule has 27 heavy (non-hydrogen) atoms. The number of hydrogen-bond donors (Lipinski definition) is 0. The van der Waals surface area contributed by atoms with Crippen molar-refractivity contribution in [3.8, 4) is 11.3 Å². The highest BCUT2D eigenvalue weighted by Crippen LogP contribution is 2.29. The van der Waals surface area contributed by atoms with Crippen LogP contribution in [0.25, 0.3) is 16.9 Å². The van der Waals surface area contributed by atoms with E-state index in [1.807, 2.05) is 60.2 Å². The highest BCUT2D eigenvalue weighted by molar-refractivity contribution is 6.42. The normalized spacial score (nSPS) is 11.1. The van der Waals surface area contributed by atoms with E-state index in [0.29, 0.717) is 10.0 Å². The molecule has 0 aliphatic heterocycles. The van der Waals surface area contributed by atoms with Crippen molar-refractivity contribution in [2.75, 3.05) is 18.5 Å². The first kappa shape index (κ1) is 17.8. The second-order valence-electron chi connectivity index (χ2n) is 6.23. The minimum atomic E-state index is 0.507. The molecule has 0 radical (unpaired) electrons. The van der Waals surface area contributed by atoms with Crippen molar-refractivity contribution in [1.29, 1.82) is 0 Å². The van der Waals surface area contributed by atoms with E-state index in [9.17, 15) is 0 Å². The van der Waals surface area contributed by atoms with Crippen molar-refractivity contribution in [3.05, 3.63) is 76.7 Å². The van der Waals surface area contributed by atoms with E-state index in [-0.39, 0.29) is 0 Å². The Morgan fingerprint density at radius 3 is 2.67 bits per heavy atom. The number of aromatic nitrogens is 4. The topological polar surface area (TPSA) is 46.3 Å². The van der Waals surface area contributed by atoms with E-state index >= 15 is 0 Å². The summed E-state index contributed by atoms with van der Waals surface area (Å²) >= 11 is 12.2. The number of fused-ring (bicyclic) bond motifs is 1. The van der Waals surface area contributed by atoms with Crippen LogP contribution in [0, 0.1) is 0 Å². The molecule has 1 aromatic carbocycles. The highest BCUT2D eigenvalue weighted by atomic mass is 35.5. The van der Waals surface area contributed by atoms with Gasteiger partial charge in [0.05, 0.1) is 21.9 Å². The van der Waals surface area contributed by atoms with E-state index in [0.717, 1.165) is 41.4 Å². The summed E-state index contributed by atoms with van der Waals surface area (Å²) in [5, 5.41) is 5.79. The zero-order valence-corrected chi connectivity index (χ0v) is 16.2. The molecule has 0 unspecified atom stereocenters. The first-order valence-electron chi connectivity index (χ1n) is 8.53. The number of halogens is 2. The van der Waals surface area contributed by atoms with E-state index in [1.165, 1.54) is 0 Å². The molecule has 0 fully saturated rings. The number of benzene rings is 1. The molecule has 0 bridgehead atoms. The lowest BCUT2D eigenvalue weighted by Gasteiger charge is -2.18. The quantitative estimate of drug-likeness (QED) is 0.486. The maximum absolute atomic E-state index is 6.17. The highest BCUT2D eigenvalue weighted by Gasteiger charge is 2.11. The molecule has 4 aromatic rings. The molecule has 0 N–H and O–H groups in total. The molecule has 0 spiro atoms. The SMILES string of the molecule is CN(CCc1ccccn1)c1ccc2ncc(-c3ccc(Cl)c(Cl)c3)n2n1. The summed E-state index contributed by atoms with van der Waals surface area (Å²) in [4.78, 5) is 10.9. The van der Waals surface area contributed by atoms with E-state index in [2.05, 4.69) is 14.9 Å². The summed E-state index contributed by atoms with van der Waals surface area (Å²) in [6.07, 6.45) is 4.45. The first-order valence-corrected chi connectivity index (χ1v) is 9.28. The van der Waals surface area contributed by atoms with Crippen LogP contribution in [-0.4, -0.2) is 33.2 Å². The van der Waals surface area contributed by atoms with E-state index in [1.54, 1.807) is 12.3 Å². The maximum atomic E-state index is 6.17. The molecule has 7 heteroatoms. The lowest BCUT2D eigenvalue weighted by atomic mass is 10.2. The summed E-state index contributed by atoms with van der Waals surface area (Å²) in [7, 11) is 2.02. The van der Waals surface area contributed by atoms with Gasteiger partial charge in [0.25, 0.3) is 0 Å². The lowest BCUT2D eigenvalue weighted by Crippen LogP contribution is -2.22. The summed E-state index contributed by atoms with van der Waals surface area (Å²) < 4.78 is 1.83. The van der Waals surface area contributed by atoms with Crippen LogP contribution in [0.5, 0.6) is 0 Å². The van der Waals surface area contributed by atoms with Crippen molar-refractivity contribution < 1.29 is 0 Å². The Kier molecular flexibility index (Phi) is 4.97. The number of hydrogen-bond acceptors (Lipinski definition) is 4. The van der Waals surface area contributed by atoms with Crippen LogP contribution < -0.4 is 4.90 Å². The lowest BCUT2D eigenvalue weighted by molar-refractivity contribution is 0.812. The Labute approximate surface area is 167 Å². The van der Waals surface area contributed by atoms with Crippen molar-refractivity contribution in [2.45, 2.75) is 6.42 Å². The molecule has 3 aromatic heterocycles. The van der Waals surface area contributed by atoms with Crippen molar-refractivity contribution in [1.82, 2.24) is 19.6 Å². The van der Waals surface area contributed by atoms with Gasteiger partial charge in [-0.3, -0.25) is 4.98 Å². The predicted molar refractivity (Wildman–Crippen MR) is 110 cm³/mol. The Hall–Kier alpha value is -2.63. The van der Waals surface area contributed by atoms with Crippen LogP contribution in [0.3, 0.4) is 0 Å². The van der Waals surface area contributed by atoms with Crippen LogP contribution in [0.2, 0.25) is 10.0 Å². The summed E-state index contributed by atoms with van der Waals surface area (Å²) in [5.74, 6) is 0.859. The van der Waals surface area contributed by atoms with Crippen LogP contribution in [0.1, 0.15) is 5.69 Å². The molecule has 0 saturated carbocycles. The molecule has 136 valence electrons. The van der Waals surface area contributed by atoms with Crippen LogP contribution in [-0.2, 0) is 6.42 Å². The second kappa shape index (κ2) is 7.55. The fraction of sp³-hybridized carbons (Fsp3) is 0.150. The first-order chi connectivity index (χ1) is 13.1. The van der Waals surface area contributed by atoms with Gasteiger partial charge in [0.2, 0.25) is 0 Å². The average Bonchev–Trinajstić information content (AvgIpc) is 3.12. The molecule has 0 amide bonds. The minimum absolute atomic E-state index is 0.507. The molecule has 0 aliphatic rings. The maximum Gasteiger partial charge on any atom is 0.154 e. The van der Waals surface area contributed by atoms with Crippen LogP contribution in [0.15, 0.2) is 60.9 Å². The Morgan fingerprint density at radius 1 is 1.00 bits per heavy atom. The Balaban J connectivity index is 1.62. The fourth-order valence-electron chi connectivity index (χ4n) is 2.86. The number of anilines is 1. The van der Waals surface area contributed by atoms with Gasteiger partial charge >= 0.3 is 0 Å². The van der Waals surface area contributed by atoms with Gasteiger partial charge in [-0.05, 0) is 36.4 Å². The smallest absolute Gasteiger partial charge is 0.154 e. The van der Waals surface area contributed by atoms with Crippen LogP contribution >= 0.6 is 23.2 Å². The zero-order valence-electron chi connectivity index (χ0n) is 14.7. The number of likely N-dealkylation sites (N-methyl/N-ethyl adjacent to an activating group) is 1. The number of nitrogens with zero attached hydrogens (tertiary/aromatic N) is 5. The van der Waals surface area contributed by atoms with Gasteiger partial charge in [0.1, 0.15) is 5.82 Å². The predicted octanol–water partition coefficient (Wildman–Crippen LogP) is 4.78. The molecule has 0 saturated heterocycles. The van der Waals surface area contributed by atoms with Gasteiger partial charge in [0.15, 0.2) is 5.65 Å². The largest absolute Gasteiger partial charge is 0.358 e. The average molecular weight is 398 g/mol. The third-order valence-electron chi connectivity index (χ3n) is 4.38. The molecule has 4 rings (SSSR count). The zero-order chi connectivity index (χ0) is 18.8. The van der Waals surface area contributed by atoms with Crippen LogP contribution in [0.4, 0.5) is 5.82 Å². The molecular formula is C20H17Cl2N5. The van der Waals surface area contributed by atoms with Gasteiger partial charge in [-0.25, -0.2) is 9.50 Å². The minimum Gasteiger partial charge on any atom is -0.358 e. The molecule has 0 atom stereocenters. The van der Waals surface area contributed by atoms with E-state index < -0.39 is 0 Å². The fourth-order valence-corrected chi connectivity index (χ4v) is 3.16. The third-order valence-corrected chi connectivity index (χ3v) is 5.12. The number of imidazole rings is 1. The monoisotopic (exact) mass is 397 g/mol. The third kappa shape index (κ3) is 3.75. The molecular weight excluding hydrogens is 381 g/mol.